The summed E-state index contributed by atoms with van der Waals surface area (Å²) in [4.78, 5) is 0.326. The van der Waals surface area contributed by atoms with Crippen molar-refractivity contribution in [2.75, 3.05) is 11.6 Å². The predicted molar refractivity (Wildman–Crippen MR) is 92.2 cm³/mol. The smallest absolute Gasteiger partial charge is 0.175 e. The number of aryl methyl sites for hydroxylation is 1. The molecule has 5 nitrogen and oxygen atoms in total. The highest BCUT2D eigenvalue weighted by atomic mass is 32.2. The minimum Gasteiger partial charge on any atom is -0.382 e. The molecule has 0 saturated heterocycles. The third-order valence-electron chi connectivity index (χ3n) is 4.37. The number of hydrogen-bond acceptors (Lipinski definition) is 4. The van der Waals surface area contributed by atoms with E-state index in [1.54, 1.807) is 16.8 Å². The Morgan fingerprint density at radius 3 is 2.52 bits per heavy atom. The van der Waals surface area contributed by atoms with E-state index >= 15 is 0 Å². The third kappa shape index (κ3) is 3.75. The van der Waals surface area contributed by atoms with Crippen LogP contribution in [0.4, 0.5) is 5.69 Å². The molecule has 124 valence electrons. The molecule has 0 atom stereocenters. The van der Waals surface area contributed by atoms with Crippen LogP contribution in [0.5, 0.6) is 0 Å². The molecular weight excluding hydrogens is 310 g/mol. The first-order valence-corrected chi connectivity index (χ1v) is 9.93. The summed E-state index contributed by atoms with van der Waals surface area (Å²) in [6.07, 6.45) is 9.23. The second-order valence-corrected chi connectivity index (χ2v) is 8.35. The van der Waals surface area contributed by atoms with E-state index in [4.69, 9.17) is 0 Å². The van der Waals surface area contributed by atoms with Gasteiger partial charge in [0.05, 0.1) is 10.6 Å². The van der Waals surface area contributed by atoms with Crippen molar-refractivity contribution < 1.29 is 8.42 Å². The van der Waals surface area contributed by atoms with E-state index in [9.17, 15) is 8.42 Å². The lowest BCUT2D eigenvalue weighted by Gasteiger charge is -2.25. The van der Waals surface area contributed by atoms with Crippen molar-refractivity contribution in [1.29, 1.82) is 0 Å². The van der Waals surface area contributed by atoms with E-state index in [0.717, 1.165) is 29.8 Å². The number of rotatable bonds is 4. The summed E-state index contributed by atoms with van der Waals surface area (Å²) in [7, 11) is -1.38. The largest absolute Gasteiger partial charge is 0.382 e. The third-order valence-corrected chi connectivity index (χ3v) is 5.48. The fourth-order valence-corrected chi connectivity index (χ4v) is 3.76. The van der Waals surface area contributed by atoms with E-state index in [1.165, 1.54) is 25.5 Å². The first-order chi connectivity index (χ1) is 10.9. The van der Waals surface area contributed by atoms with Crippen LogP contribution in [-0.4, -0.2) is 30.5 Å². The van der Waals surface area contributed by atoms with Gasteiger partial charge in [0.2, 0.25) is 0 Å². The first kappa shape index (κ1) is 16.1. The maximum atomic E-state index is 11.9. The fourth-order valence-electron chi connectivity index (χ4n) is 3.12. The van der Waals surface area contributed by atoms with Crippen molar-refractivity contribution >= 4 is 15.5 Å². The lowest BCUT2D eigenvalue weighted by molar-refractivity contribution is 0.463. The zero-order valence-corrected chi connectivity index (χ0v) is 14.4. The molecule has 3 rings (SSSR count). The van der Waals surface area contributed by atoms with E-state index < -0.39 is 9.84 Å². The van der Waals surface area contributed by atoms with Crippen LogP contribution in [0.2, 0.25) is 0 Å². The van der Waals surface area contributed by atoms with Gasteiger partial charge >= 0.3 is 0 Å². The quantitative estimate of drug-likeness (QED) is 0.933. The maximum absolute atomic E-state index is 11.9. The van der Waals surface area contributed by atoms with Gasteiger partial charge in [-0.05, 0) is 37.1 Å². The number of nitrogens with one attached hydrogen (secondary N) is 1. The van der Waals surface area contributed by atoms with Crippen molar-refractivity contribution in [1.82, 2.24) is 9.78 Å². The van der Waals surface area contributed by atoms with Crippen LogP contribution < -0.4 is 5.32 Å². The highest BCUT2D eigenvalue weighted by Gasteiger charge is 2.18. The maximum Gasteiger partial charge on any atom is 0.175 e. The summed E-state index contributed by atoms with van der Waals surface area (Å²) in [6, 6.07) is 7.63. The molecule has 1 aromatic carbocycles. The zero-order chi connectivity index (χ0) is 16.4. The Morgan fingerprint density at radius 1 is 1.17 bits per heavy atom. The number of hydrogen-bond donors (Lipinski definition) is 1. The second kappa shape index (κ2) is 6.35. The van der Waals surface area contributed by atoms with E-state index in [2.05, 4.69) is 10.4 Å². The van der Waals surface area contributed by atoms with Gasteiger partial charge in [-0.1, -0.05) is 19.3 Å². The number of anilines is 1. The Labute approximate surface area is 137 Å². The van der Waals surface area contributed by atoms with Gasteiger partial charge < -0.3 is 5.32 Å². The summed E-state index contributed by atoms with van der Waals surface area (Å²) in [5, 5.41) is 8.03. The van der Waals surface area contributed by atoms with Gasteiger partial charge in [-0.2, -0.15) is 5.10 Å². The van der Waals surface area contributed by atoms with E-state index in [1.807, 2.05) is 25.4 Å². The summed E-state index contributed by atoms with van der Waals surface area (Å²) in [6.45, 7) is 0. The number of aromatic nitrogens is 2. The Balaban J connectivity index is 2.00. The van der Waals surface area contributed by atoms with Gasteiger partial charge in [-0.25, -0.2) is 8.42 Å². The monoisotopic (exact) mass is 333 g/mol. The molecule has 2 aromatic rings. The van der Waals surface area contributed by atoms with E-state index in [-0.39, 0.29) is 0 Å². The molecule has 1 aromatic heterocycles. The van der Waals surface area contributed by atoms with E-state index in [0.29, 0.717) is 10.9 Å². The molecule has 6 heteroatoms. The number of benzene rings is 1. The number of sulfone groups is 1. The lowest BCUT2D eigenvalue weighted by atomic mass is 9.95. The van der Waals surface area contributed by atoms with Crippen molar-refractivity contribution in [3.63, 3.8) is 0 Å². The molecule has 0 bridgehead atoms. The van der Waals surface area contributed by atoms with Crippen LogP contribution in [0.15, 0.2) is 35.4 Å². The molecule has 0 amide bonds. The Hall–Kier alpha value is -1.82. The Bertz CT molecular complexity index is 790. The minimum atomic E-state index is -3.24. The molecule has 1 heterocycles. The molecule has 1 saturated carbocycles. The Morgan fingerprint density at radius 2 is 1.91 bits per heavy atom. The SMILES string of the molecule is Cn1ccc(-c2cc(S(C)(=O)=O)ccc2NC2CCCCC2)n1. The molecule has 1 N–H and O–H groups in total. The first-order valence-electron chi connectivity index (χ1n) is 8.04. The standard InChI is InChI=1S/C17H23N3O2S/c1-20-11-10-17(19-20)15-12-14(23(2,21)22)8-9-16(15)18-13-6-4-3-5-7-13/h8-13,18H,3-7H2,1-2H3. The van der Waals surface area contributed by atoms with Gasteiger partial charge in [0.25, 0.3) is 0 Å². The molecule has 0 aliphatic heterocycles. The summed E-state index contributed by atoms with van der Waals surface area (Å²) >= 11 is 0. The van der Waals surface area contributed by atoms with Gasteiger partial charge in [0.1, 0.15) is 0 Å². The van der Waals surface area contributed by atoms with Crippen molar-refractivity contribution in [3.05, 3.63) is 30.5 Å². The number of nitrogens with zero attached hydrogens (tertiary/aromatic N) is 2. The molecule has 0 spiro atoms. The van der Waals surface area contributed by atoms with Gasteiger partial charge in [-0.15, -0.1) is 0 Å². The van der Waals surface area contributed by atoms with Crippen LogP contribution in [-0.2, 0) is 16.9 Å². The zero-order valence-electron chi connectivity index (χ0n) is 13.6. The second-order valence-electron chi connectivity index (χ2n) is 6.33. The molecule has 1 aliphatic carbocycles. The summed E-state index contributed by atoms with van der Waals surface area (Å²) < 4.78 is 25.5. The van der Waals surface area contributed by atoms with Crippen LogP contribution in [0.1, 0.15) is 32.1 Å². The highest BCUT2D eigenvalue weighted by molar-refractivity contribution is 7.90. The molecule has 0 unspecified atom stereocenters. The summed E-state index contributed by atoms with van der Waals surface area (Å²) in [5.74, 6) is 0. The molecule has 1 aliphatic rings. The average Bonchev–Trinajstić information content (AvgIpc) is 2.94. The normalized spacial score (nSPS) is 16.4. The van der Waals surface area contributed by atoms with Crippen LogP contribution in [0.3, 0.4) is 0 Å². The predicted octanol–water partition coefficient (Wildman–Crippen LogP) is 3.24. The highest BCUT2D eigenvalue weighted by Crippen LogP contribution is 2.32. The Kier molecular flexibility index (Phi) is 4.43. The topological polar surface area (TPSA) is 64.0 Å². The lowest BCUT2D eigenvalue weighted by Crippen LogP contribution is -2.22. The molecular formula is C17H23N3O2S. The van der Waals surface area contributed by atoms with Crippen molar-refractivity contribution in [2.24, 2.45) is 7.05 Å². The molecule has 23 heavy (non-hydrogen) atoms. The average molecular weight is 333 g/mol. The van der Waals surface area contributed by atoms with Crippen molar-refractivity contribution in [2.45, 2.75) is 43.0 Å². The van der Waals surface area contributed by atoms with Gasteiger partial charge in [0, 0.05) is 36.8 Å². The fraction of sp³-hybridized carbons (Fsp3) is 0.471. The minimum absolute atomic E-state index is 0.326. The molecule has 1 fully saturated rings. The molecule has 0 radical (unpaired) electrons. The van der Waals surface area contributed by atoms with Crippen LogP contribution in [0, 0.1) is 0 Å². The van der Waals surface area contributed by atoms with Gasteiger partial charge in [0.15, 0.2) is 9.84 Å². The van der Waals surface area contributed by atoms with Crippen LogP contribution >= 0.6 is 0 Å². The van der Waals surface area contributed by atoms with Gasteiger partial charge in [-0.3, -0.25) is 4.68 Å². The summed E-state index contributed by atoms with van der Waals surface area (Å²) in [5.41, 5.74) is 2.60. The van der Waals surface area contributed by atoms with Crippen LogP contribution in [0.25, 0.3) is 11.3 Å². The van der Waals surface area contributed by atoms with Crippen molar-refractivity contribution in [3.8, 4) is 11.3 Å².